The summed E-state index contributed by atoms with van der Waals surface area (Å²) in [6, 6.07) is 6.90. The first-order valence-corrected chi connectivity index (χ1v) is 10.3. The van der Waals surface area contributed by atoms with E-state index in [1.54, 1.807) is 18.2 Å². The predicted molar refractivity (Wildman–Crippen MR) is 99.4 cm³/mol. The summed E-state index contributed by atoms with van der Waals surface area (Å²) in [5.74, 6) is 0.338. The minimum Gasteiger partial charge on any atom is -0.383 e. The molecule has 4 rings (SSSR count). The highest BCUT2D eigenvalue weighted by atomic mass is 32.2. The van der Waals surface area contributed by atoms with Crippen LogP contribution in [0.5, 0.6) is 0 Å². The van der Waals surface area contributed by atoms with E-state index in [2.05, 4.69) is 15.3 Å². The number of piperidine rings is 1. The molecule has 2 aromatic heterocycles. The fraction of sp³-hybridized carbons (Fsp3) is 0.353. The van der Waals surface area contributed by atoms with Gasteiger partial charge >= 0.3 is 0 Å². The Morgan fingerprint density at radius 3 is 2.88 bits per heavy atom. The molecule has 0 radical (unpaired) electrons. The number of aromatic nitrogens is 4. The summed E-state index contributed by atoms with van der Waals surface area (Å²) < 4.78 is 25.7. The Balaban J connectivity index is 1.93. The van der Waals surface area contributed by atoms with E-state index in [1.165, 1.54) is 12.6 Å². The number of hydrogen-bond donors (Lipinski definition) is 2. The van der Waals surface area contributed by atoms with Crippen LogP contribution in [0, 0.1) is 0 Å². The maximum Gasteiger partial charge on any atom is 0.175 e. The second kappa shape index (κ2) is 6.33. The van der Waals surface area contributed by atoms with E-state index < -0.39 is 9.84 Å². The van der Waals surface area contributed by atoms with Crippen molar-refractivity contribution in [2.75, 3.05) is 25.1 Å². The van der Waals surface area contributed by atoms with Gasteiger partial charge in [-0.25, -0.2) is 23.1 Å². The zero-order valence-corrected chi connectivity index (χ0v) is 15.2. The number of rotatable bonds is 3. The van der Waals surface area contributed by atoms with E-state index >= 15 is 0 Å². The molecule has 0 bridgehead atoms. The Labute approximate surface area is 151 Å². The first-order valence-electron chi connectivity index (χ1n) is 8.45. The van der Waals surface area contributed by atoms with E-state index in [-0.39, 0.29) is 10.9 Å². The molecule has 8 nitrogen and oxygen atoms in total. The molecular formula is C17H20N6O2S. The number of nitrogens with two attached hydrogens (primary N) is 1. The lowest BCUT2D eigenvalue weighted by Crippen LogP contribution is -2.32. The molecule has 9 heteroatoms. The summed E-state index contributed by atoms with van der Waals surface area (Å²) in [5, 5.41) is 8.80. The summed E-state index contributed by atoms with van der Waals surface area (Å²) in [4.78, 5) is 8.74. The van der Waals surface area contributed by atoms with Crippen molar-refractivity contribution in [1.82, 2.24) is 25.1 Å². The smallest absolute Gasteiger partial charge is 0.175 e. The third-order valence-electron chi connectivity index (χ3n) is 4.67. The quantitative estimate of drug-likeness (QED) is 0.714. The largest absolute Gasteiger partial charge is 0.383 e. The van der Waals surface area contributed by atoms with E-state index in [4.69, 9.17) is 10.8 Å². The highest BCUT2D eigenvalue weighted by molar-refractivity contribution is 7.90. The lowest BCUT2D eigenvalue weighted by atomic mass is 10.1. The minimum absolute atomic E-state index is 0.174. The molecule has 0 aliphatic carbocycles. The number of nitrogen functional groups attached to an aromatic ring is 1. The Kier molecular flexibility index (Phi) is 4.12. The maximum absolute atomic E-state index is 11.9. The number of fused-ring (bicyclic) bond motifs is 1. The van der Waals surface area contributed by atoms with Crippen molar-refractivity contribution in [3.63, 3.8) is 0 Å². The van der Waals surface area contributed by atoms with E-state index in [0.29, 0.717) is 28.1 Å². The van der Waals surface area contributed by atoms with E-state index in [1.807, 2.05) is 10.7 Å². The summed E-state index contributed by atoms with van der Waals surface area (Å²) in [5.41, 5.74) is 8.08. The van der Waals surface area contributed by atoms with Crippen molar-refractivity contribution in [3.8, 4) is 11.3 Å². The zero-order valence-electron chi connectivity index (χ0n) is 14.4. The van der Waals surface area contributed by atoms with Crippen LogP contribution in [0.3, 0.4) is 0 Å². The van der Waals surface area contributed by atoms with Gasteiger partial charge in [-0.05, 0) is 31.5 Å². The van der Waals surface area contributed by atoms with Crippen molar-refractivity contribution in [2.45, 2.75) is 23.8 Å². The van der Waals surface area contributed by atoms with Crippen LogP contribution in [-0.2, 0) is 9.84 Å². The molecule has 3 aromatic rings. The van der Waals surface area contributed by atoms with Gasteiger partial charge < -0.3 is 11.1 Å². The van der Waals surface area contributed by atoms with Crippen molar-refractivity contribution < 1.29 is 8.42 Å². The second-order valence-electron chi connectivity index (χ2n) is 6.55. The number of nitrogens with zero attached hydrogens (tertiary/aromatic N) is 4. The van der Waals surface area contributed by atoms with Gasteiger partial charge in [0, 0.05) is 18.4 Å². The minimum atomic E-state index is -3.32. The van der Waals surface area contributed by atoms with Crippen LogP contribution in [0.25, 0.3) is 22.3 Å². The van der Waals surface area contributed by atoms with Gasteiger partial charge in [0.1, 0.15) is 17.8 Å². The topological polar surface area (TPSA) is 116 Å². The normalized spacial score (nSPS) is 18.3. The number of anilines is 1. The van der Waals surface area contributed by atoms with Gasteiger partial charge in [-0.1, -0.05) is 12.1 Å². The zero-order chi connectivity index (χ0) is 18.3. The van der Waals surface area contributed by atoms with Gasteiger partial charge in [0.2, 0.25) is 0 Å². The van der Waals surface area contributed by atoms with Gasteiger partial charge in [-0.3, -0.25) is 0 Å². The fourth-order valence-corrected chi connectivity index (χ4v) is 4.04. The predicted octanol–water partition coefficient (Wildman–Crippen LogP) is 1.40. The van der Waals surface area contributed by atoms with Crippen LogP contribution in [0.15, 0.2) is 35.5 Å². The number of sulfone groups is 1. The molecule has 26 heavy (non-hydrogen) atoms. The van der Waals surface area contributed by atoms with Crippen molar-refractivity contribution in [2.24, 2.45) is 0 Å². The first-order chi connectivity index (χ1) is 12.4. The molecule has 0 amide bonds. The number of hydrogen-bond acceptors (Lipinski definition) is 7. The fourth-order valence-electron chi connectivity index (χ4n) is 3.37. The van der Waals surface area contributed by atoms with Gasteiger partial charge in [0.05, 0.1) is 16.3 Å². The van der Waals surface area contributed by atoms with Crippen LogP contribution in [0.4, 0.5) is 5.82 Å². The molecule has 0 spiro atoms. The Morgan fingerprint density at radius 1 is 1.31 bits per heavy atom. The summed E-state index contributed by atoms with van der Waals surface area (Å²) in [6.45, 7) is 1.81. The molecule has 1 aliphatic heterocycles. The van der Waals surface area contributed by atoms with E-state index in [9.17, 15) is 8.42 Å². The molecule has 1 fully saturated rings. The average molecular weight is 372 g/mol. The monoisotopic (exact) mass is 372 g/mol. The van der Waals surface area contributed by atoms with Gasteiger partial charge in [-0.15, -0.1) is 0 Å². The third kappa shape index (κ3) is 2.93. The van der Waals surface area contributed by atoms with Crippen LogP contribution >= 0.6 is 0 Å². The molecular weight excluding hydrogens is 352 g/mol. The molecule has 1 aromatic carbocycles. The molecule has 1 saturated heterocycles. The standard InChI is InChI=1S/C17H20N6O2S/c1-26(24,25)13-6-2-4-11(8-13)15-14-16(18)20-10-21-17(14)23(22-15)12-5-3-7-19-9-12/h2,4,6,8,10,12,19H,3,5,7,9H2,1H3,(H2,18,20,21)/t12-/m1/s1. The Morgan fingerprint density at radius 2 is 2.15 bits per heavy atom. The first kappa shape index (κ1) is 16.9. The number of benzene rings is 1. The number of nitrogens with one attached hydrogen (secondary N) is 1. The van der Waals surface area contributed by atoms with Gasteiger partial charge in [-0.2, -0.15) is 5.10 Å². The SMILES string of the molecule is CS(=O)(=O)c1cccc(-c2nn([C@@H]3CCCNC3)c3ncnc(N)c23)c1. The van der Waals surface area contributed by atoms with Crippen LogP contribution in [0.1, 0.15) is 18.9 Å². The van der Waals surface area contributed by atoms with Crippen LogP contribution in [-0.4, -0.2) is 47.5 Å². The average Bonchev–Trinajstić information content (AvgIpc) is 3.03. The van der Waals surface area contributed by atoms with Crippen LogP contribution < -0.4 is 11.1 Å². The van der Waals surface area contributed by atoms with Crippen molar-refractivity contribution >= 4 is 26.7 Å². The lowest BCUT2D eigenvalue weighted by molar-refractivity contribution is 0.354. The Bertz CT molecular complexity index is 1070. The Hall–Kier alpha value is -2.52. The van der Waals surface area contributed by atoms with Gasteiger partial charge in [0.15, 0.2) is 15.5 Å². The molecule has 3 N–H and O–H groups in total. The summed E-state index contributed by atoms with van der Waals surface area (Å²) in [6.07, 6.45) is 4.68. The van der Waals surface area contributed by atoms with Crippen LogP contribution in [0.2, 0.25) is 0 Å². The summed E-state index contributed by atoms with van der Waals surface area (Å²) in [7, 11) is -3.32. The van der Waals surface area contributed by atoms with E-state index in [0.717, 1.165) is 25.9 Å². The maximum atomic E-state index is 11.9. The summed E-state index contributed by atoms with van der Waals surface area (Å²) >= 11 is 0. The highest BCUT2D eigenvalue weighted by Crippen LogP contribution is 2.33. The molecule has 136 valence electrons. The molecule has 3 heterocycles. The third-order valence-corrected chi connectivity index (χ3v) is 5.78. The highest BCUT2D eigenvalue weighted by Gasteiger charge is 2.24. The van der Waals surface area contributed by atoms with Crippen molar-refractivity contribution in [1.29, 1.82) is 0 Å². The second-order valence-corrected chi connectivity index (χ2v) is 8.57. The molecule has 0 unspecified atom stereocenters. The molecule has 0 saturated carbocycles. The molecule has 1 aliphatic rings. The van der Waals surface area contributed by atoms with Gasteiger partial charge in [0.25, 0.3) is 0 Å². The molecule has 1 atom stereocenters. The van der Waals surface area contributed by atoms with Crippen molar-refractivity contribution in [3.05, 3.63) is 30.6 Å². The lowest BCUT2D eigenvalue weighted by Gasteiger charge is -2.23.